The van der Waals surface area contributed by atoms with E-state index >= 15 is 0 Å². The van der Waals surface area contributed by atoms with Crippen LogP contribution in [0.2, 0.25) is 36.3 Å². The second kappa shape index (κ2) is 13.6. The van der Waals surface area contributed by atoms with E-state index in [0.717, 1.165) is 0 Å². The molecule has 0 aliphatic rings. The van der Waals surface area contributed by atoms with Crippen LogP contribution in [0.5, 0.6) is 0 Å². The molecule has 0 rings (SSSR count). The predicted molar refractivity (Wildman–Crippen MR) is 145 cm³/mol. The molecule has 0 aromatic carbocycles. The molecule has 0 saturated heterocycles. The SMILES string of the molecule is C/C=C/C(=O)O[C@@H](C=C[C@@H](CO[Si](C)(C)C(C)(C)C)OC(=O)/C=C/C)CO[Si](C)(C)C(C)(C)C. The van der Waals surface area contributed by atoms with Gasteiger partial charge in [-0.3, -0.25) is 0 Å². The van der Waals surface area contributed by atoms with Crippen LogP contribution in [0, 0.1) is 0 Å². The van der Waals surface area contributed by atoms with E-state index in [9.17, 15) is 9.59 Å². The lowest BCUT2D eigenvalue weighted by Gasteiger charge is -2.37. The van der Waals surface area contributed by atoms with E-state index in [1.54, 1.807) is 38.2 Å². The highest BCUT2D eigenvalue weighted by molar-refractivity contribution is 6.74. The van der Waals surface area contributed by atoms with Crippen molar-refractivity contribution in [1.82, 2.24) is 0 Å². The van der Waals surface area contributed by atoms with E-state index < -0.39 is 40.8 Å². The molecule has 0 unspecified atom stereocenters. The third-order valence-corrected chi connectivity index (χ3v) is 15.5. The van der Waals surface area contributed by atoms with Gasteiger partial charge >= 0.3 is 11.9 Å². The summed E-state index contributed by atoms with van der Waals surface area (Å²) in [5.41, 5.74) is 0. The van der Waals surface area contributed by atoms with Crippen molar-refractivity contribution in [2.75, 3.05) is 13.2 Å². The molecule has 0 spiro atoms. The Morgan fingerprint density at radius 3 is 1.21 bits per heavy atom. The number of ether oxygens (including phenoxy) is 2. The van der Waals surface area contributed by atoms with E-state index in [1.165, 1.54) is 12.2 Å². The van der Waals surface area contributed by atoms with Gasteiger partial charge in [0.05, 0.1) is 13.2 Å². The Bertz CT molecular complexity index is 677. The first-order valence-corrected chi connectivity index (χ1v) is 17.8. The third kappa shape index (κ3) is 11.8. The molecule has 0 N–H and O–H groups in total. The molecule has 0 aliphatic carbocycles. The molecule has 0 radical (unpaired) electrons. The summed E-state index contributed by atoms with van der Waals surface area (Å²) >= 11 is 0. The number of hydrogen-bond acceptors (Lipinski definition) is 6. The van der Waals surface area contributed by atoms with Crippen LogP contribution >= 0.6 is 0 Å². The number of carbonyl (C=O) groups excluding carboxylic acids is 2. The Morgan fingerprint density at radius 1 is 0.676 bits per heavy atom. The second-order valence-corrected chi connectivity index (χ2v) is 21.1. The lowest BCUT2D eigenvalue weighted by atomic mass is 10.2. The zero-order valence-electron chi connectivity index (χ0n) is 23.5. The van der Waals surface area contributed by atoms with Crippen molar-refractivity contribution in [3.05, 3.63) is 36.5 Å². The molecule has 0 fully saturated rings. The quantitative estimate of drug-likeness (QED) is 0.128. The van der Waals surface area contributed by atoms with Gasteiger partial charge in [0.25, 0.3) is 0 Å². The molecule has 8 heteroatoms. The number of allylic oxidation sites excluding steroid dienone is 2. The van der Waals surface area contributed by atoms with Gasteiger partial charge in [-0.25, -0.2) is 9.59 Å². The maximum Gasteiger partial charge on any atom is 0.331 e. The molecular formula is C26H48O6Si2. The molecule has 0 aliphatic heterocycles. The van der Waals surface area contributed by atoms with Crippen LogP contribution in [0.15, 0.2) is 36.5 Å². The van der Waals surface area contributed by atoms with E-state index in [1.807, 2.05) is 0 Å². The number of rotatable bonds is 12. The smallest absolute Gasteiger partial charge is 0.331 e. The van der Waals surface area contributed by atoms with Gasteiger partial charge in [0, 0.05) is 12.2 Å². The van der Waals surface area contributed by atoms with E-state index in [2.05, 4.69) is 67.7 Å². The minimum atomic E-state index is -2.05. The maximum atomic E-state index is 12.1. The van der Waals surface area contributed by atoms with E-state index in [4.69, 9.17) is 18.3 Å². The van der Waals surface area contributed by atoms with Gasteiger partial charge in [-0.05, 0) is 62.3 Å². The van der Waals surface area contributed by atoms with Crippen molar-refractivity contribution in [3.8, 4) is 0 Å². The second-order valence-electron chi connectivity index (χ2n) is 11.5. The summed E-state index contributed by atoms with van der Waals surface area (Å²) in [5, 5.41) is 0.0479. The first kappa shape index (κ1) is 32.5. The number of hydrogen-bond donors (Lipinski definition) is 0. The molecule has 6 nitrogen and oxygen atoms in total. The highest BCUT2D eigenvalue weighted by Crippen LogP contribution is 2.37. The van der Waals surface area contributed by atoms with E-state index in [0.29, 0.717) is 0 Å². The Kier molecular flexibility index (Phi) is 13.0. The van der Waals surface area contributed by atoms with Crippen LogP contribution in [0.1, 0.15) is 55.4 Å². The van der Waals surface area contributed by atoms with Crippen molar-refractivity contribution in [3.63, 3.8) is 0 Å². The fourth-order valence-corrected chi connectivity index (χ4v) is 4.20. The fourth-order valence-electron chi connectivity index (χ4n) is 2.17. The molecule has 2 atom stereocenters. The standard InChI is InChI=1S/C26H48O6Si2/c1-13-15-23(27)31-21(19-29-33(9,10)25(3,4)5)17-18-22(32-24(28)16-14-2)20-30-34(11,12)26(6,7)8/h13-18,21-22H,19-20H2,1-12H3/b15-13+,16-14+,18-17?/t21-,22-/m0/s1. The van der Waals surface area contributed by atoms with Gasteiger partial charge in [0.15, 0.2) is 16.6 Å². The summed E-state index contributed by atoms with van der Waals surface area (Å²) in [7, 11) is -4.10. The van der Waals surface area contributed by atoms with Crippen LogP contribution in [0.4, 0.5) is 0 Å². The molecule has 34 heavy (non-hydrogen) atoms. The Labute approximate surface area is 210 Å². The summed E-state index contributed by atoms with van der Waals surface area (Å²) in [6, 6.07) is 0. The largest absolute Gasteiger partial charge is 0.453 e. The average molecular weight is 513 g/mol. The highest BCUT2D eigenvalue weighted by atomic mass is 28.4. The van der Waals surface area contributed by atoms with Crippen LogP contribution in [-0.2, 0) is 27.9 Å². The third-order valence-electron chi connectivity index (χ3n) is 6.51. The summed E-state index contributed by atoms with van der Waals surface area (Å²) in [6.07, 6.45) is 8.24. The molecule has 0 aromatic heterocycles. The molecule has 0 saturated carbocycles. The van der Waals surface area contributed by atoms with Crippen molar-refractivity contribution < 1.29 is 27.9 Å². The molecule has 0 amide bonds. The van der Waals surface area contributed by atoms with E-state index in [-0.39, 0.29) is 23.3 Å². The maximum absolute atomic E-state index is 12.1. The lowest BCUT2D eigenvalue weighted by molar-refractivity contribution is -0.143. The van der Waals surface area contributed by atoms with Crippen LogP contribution in [-0.4, -0.2) is 54.0 Å². The van der Waals surface area contributed by atoms with Crippen molar-refractivity contribution in [1.29, 1.82) is 0 Å². The molecule has 0 heterocycles. The zero-order valence-corrected chi connectivity index (χ0v) is 25.5. The highest BCUT2D eigenvalue weighted by Gasteiger charge is 2.38. The van der Waals surface area contributed by atoms with Crippen LogP contribution in [0.3, 0.4) is 0 Å². The normalized spacial score (nSPS) is 15.8. The first-order chi connectivity index (χ1) is 15.4. The van der Waals surface area contributed by atoms with Gasteiger partial charge in [-0.2, -0.15) is 0 Å². The summed E-state index contributed by atoms with van der Waals surface area (Å²) < 4.78 is 23.8. The molecule has 0 bridgehead atoms. The molecule has 0 aromatic rings. The van der Waals surface area contributed by atoms with Gasteiger partial charge in [0.1, 0.15) is 12.2 Å². The average Bonchev–Trinajstić information content (AvgIpc) is 2.66. The Hall–Kier alpha value is -1.49. The predicted octanol–water partition coefficient (Wildman–Crippen LogP) is 6.56. The van der Waals surface area contributed by atoms with Crippen LogP contribution in [0.25, 0.3) is 0 Å². The van der Waals surface area contributed by atoms with Gasteiger partial charge in [-0.1, -0.05) is 53.7 Å². The minimum absolute atomic E-state index is 0.0240. The summed E-state index contributed by atoms with van der Waals surface area (Å²) in [5.74, 6) is -0.896. The first-order valence-electron chi connectivity index (χ1n) is 12.0. The Morgan fingerprint density at radius 2 is 0.971 bits per heavy atom. The molecular weight excluding hydrogens is 464 g/mol. The minimum Gasteiger partial charge on any atom is -0.453 e. The molecule has 196 valence electrons. The fraction of sp³-hybridized carbons (Fsp3) is 0.692. The van der Waals surface area contributed by atoms with Crippen molar-refractivity contribution >= 4 is 28.6 Å². The Balaban J connectivity index is 5.72. The summed E-state index contributed by atoms with van der Waals surface area (Å²) in [4.78, 5) is 24.3. The van der Waals surface area contributed by atoms with Gasteiger partial charge in [0.2, 0.25) is 0 Å². The van der Waals surface area contributed by atoms with Gasteiger partial charge in [-0.15, -0.1) is 0 Å². The topological polar surface area (TPSA) is 71.1 Å². The summed E-state index contributed by atoms with van der Waals surface area (Å²) in [6.45, 7) is 25.5. The van der Waals surface area contributed by atoms with Crippen LogP contribution < -0.4 is 0 Å². The lowest BCUT2D eigenvalue weighted by Crippen LogP contribution is -2.43. The van der Waals surface area contributed by atoms with Crippen molar-refractivity contribution in [2.24, 2.45) is 0 Å². The van der Waals surface area contributed by atoms with Gasteiger partial charge < -0.3 is 18.3 Å². The monoisotopic (exact) mass is 512 g/mol. The number of esters is 2. The number of carbonyl (C=O) groups is 2. The zero-order chi connectivity index (χ0) is 26.8. The van der Waals surface area contributed by atoms with Crippen molar-refractivity contribution in [2.45, 2.75) is 104 Å².